The Morgan fingerprint density at radius 2 is 1.64 bits per heavy atom. The van der Waals surface area contributed by atoms with Gasteiger partial charge in [0.05, 0.1) is 0 Å². The molecule has 0 amide bonds. The Bertz CT molecular complexity index is 211. The van der Waals surface area contributed by atoms with Gasteiger partial charge in [0.1, 0.15) is 0 Å². The molecule has 14 heavy (non-hydrogen) atoms. The Morgan fingerprint density at radius 1 is 1.00 bits per heavy atom. The van der Waals surface area contributed by atoms with E-state index in [9.17, 15) is 0 Å². The van der Waals surface area contributed by atoms with Gasteiger partial charge < -0.3 is 0 Å². The number of aryl methyl sites for hydroxylation is 1. The number of unbranched alkanes of at least 4 members (excludes halogenated alkanes) is 1. The molecule has 0 bridgehead atoms. The van der Waals surface area contributed by atoms with E-state index in [0.717, 1.165) is 5.92 Å². The van der Waals surface area contributed by atoms with E-state index in [1.54, 1.807) is 0 Å². The molecule has 0 radical (unpaired) electrons. The van der Waals surface area contributed by atoms with Crippen molar-refractivity contribution in [3.05, 3.63) is 35.9 Å². The van der Waals surface area contributed by atoms with Gasteiger partial charge in [0.25, 0.3) is 0 Å². The summed E-state index contributed by atoms with van der Waals surface area (Å²) in [5, 5.41) is 0. The first-order valence-electron chi connectivity index (χ1n) is 5.33. The molecule has 0 saturated heterocycles. The van der Waals surface area contributed by atoms with Crippen molar-refractivity contribution in [2.75, 3.05) is 0 Å². The Balaban J connectivity index is 0.00000169. The summed E-state index contributed by atoms with van der Waals surface area (Å²) in [4.78, 5) is 0. The van der Waals surface area contributed by atoms with Crippen LogP contribution in [0.1, 0.15) is 46.1 Å². The van der Waals surface area contributed by atoms with Gasteiger partial charge in [-0.1, -0.05) is 64.4 Å². The van der Waals surface area contributed by atoms with Gasteiger partial charge >= 0.3 is 0 Å². The maximum Gasteiger partial charge on any atom is -0.0279 e. The van der Waals surface area contributed by atoms with Gasteiger partial charge in [-0.05, 0) is 24.3 Å². The van der Waals surface area contributed by atoms with E-state index in [1.807, 2.05) is 0 Å². The third-order valence-electron chi connectivity index (χ3n) is 2.34. The summed E-state index contributed by atoms with van der Waals surface area (Å²) in [6.45, 7) is 4.59. The second kappa shape index (κ2) is 7.61. The second-order valence-corrected chi connectivity index (χ2v) is 4.13. The lowest BCUT2D eigenvalue weighted by Gasteiger charge is -2.04. The molecular formula is C14H24. The van der Waals surface area contributed by atoms with Crippen molar-refractivity contribution in [3.8, 4) is 0 Å². The first-order valence-corrected chi connectivity index (χ1v) is 5.33. The van der Waals surface area contributed by atoms with Crippen LogP contribution < -0.4 is 0 Å². The molecule has 0 aliphatic carbocycles. The molecule has 0 aliphatic rings. The normalized spacial score (nSPS) is 9.93. The van der Waals surface area contributed by atoms with Crippen LogP contribution in [-0.2, 0) is 6.42 Å². The summed E-state index contributed by atoms with van der Waals surface area (Å²) in [6, 6.07) is 10.8. The van der Waals surface area contributed by atoms with E-state index in [0.29, 0.717) is 0 Å². The lowest BCUT2D eigenvalue weighted by atomic mass is 10.0. The molecule has 0 heterocycles. The molecule has 0 atom stereocenters. The summed E-state index contributed by atoms with van der Waals surface area (Å²) in [7, 11) is 0. The van der Waals surface area contributed by atoms with Crippen LogP contribution in [0.2, 0.25) is 0 Å². The molecule has 0 nitrogen and oxygen atoms in total. The van der Waals surface area contributed by atoms with Crippen molar-refractivity contribution in [3.63, 3.8) is 0 Å². The van der Waals surface area contributed by atoms with E-state index in [4.69, 9.17) is 0 Å². The number of benzene rings is 1. The number of rotatable bonds is 5. The van der Waals surface area contributed by atoms with Crippen LogP contribution in [0, 0.1) is 5.92 Å². The zero-order chi connectivity index (χ0) is 9.52. The molecule has 1 rings (SSSR count). The summed E-state index contributed by atoms with van der Waals surface area (Å²) in [5.74, 6) is 0.857. The smallest absolute Gasteiger partial charge is 0.0279 e. The second-order valence-electron chi connectivity index (χ2n) is 4.13. The molecule has 1 aromatic carbocycles. The Hall–Kier alpha value is -0.780. The Kier molecular flexibility index (Phi) is 7.18. The van der Waals surface area contributed by atoms with Gasteiger partial charge in [-0.15, -0.1) is 0 Å². The van der Waals surface area contributed by atoms with Crippen LogP contribution in [0.5, 0.6) is 0 Å². The minimum absolute atomic E-state index is 0. The van der Waals surface area contributed by atoms with Gasteiger partial charge in [0, 0.05) is 0 Å². The number of hydrogen-bond donors (Lipinski definition) is 0. The molecule has 0 N–H and O–H groups in total. The monoisotopic (exact) mass is 192 g/mol. The lowest BCUT2D eigenvalue weighted by Crippen LogP contribution is -1.89. The van der Waals surface area contributed by atoms with E-state index in [1.165, 1.54) is 31.2 Å². The van der Waals surface area contributed by atoms with E-state index < -0.39 is 0 Å². The minimum atomic E-state index is 0. The number of hydrogen-bond acceptors (Lipinski definition) is 0. The van der Waals surface area contributed by atoms with Crippen LogP contribution in [0.4, 0.5) is 0 Å². The molecular weight excluding hydrogens is 168 g/mol. The molecule has 0 fully saturated rings. The molecule has 0 aromatic heterocycles. The molecule has 80 valence electrons. The van der Waals surface area contributed by atoms with Gasteiger partial charge in [-0.3, -0.25) is 0 Å². The average molecular weight is 192 g/mol. The van der Waals surface area contributed by atoms with Crippen molar-refractivity contribution < 1.29 is 0 Å². The summed E-state index contributed by atoms with van der Waals surface area (Å²) in [6.07, 6.45) is 5.31. The van der Waals surface area contributed by atoms with Crippen LogP contribution in [0.25, 0.3) is 0 Å². The van der Waals surface area contributed by atoms with Crippen molar-refractivity contribution in [1.29, 1.82) is 0 Å². The van der Waals surface area contributed by atoms with E-state index in [-0.39, 0.29) is 7.43 Å². The third-order valence-corrected chi connectivity index (χ3v) is 2.34. The topological polar surface area (TPSA) is 0 Å². The maximum atomic E-state index is 2.29. The zero-order valence-electron chi connectivity index (χ0n) is 8.79. The highest BCUT2D eigenvalue weighted by atomic mass is 14.0. The van der Waals surface area contributed by atoms with Crippen LogP contribution >= 0.6 is 0 Å². The van der Waals surface area contributed by atoms with Gasteiger partial charge in [-0.2, -0.15) is 0 Å². The largest absolute Gasteiger partial charge is 0.0776 e. The first-order chi connectivity index (χ1) is 6.29. The van der Waals surface area contributed by atoms with Crippen molar-refractivity contribution in [2.24, 2.45) is 5.92 Å². The highest BCUT2D eigenvalue weighted by Crippen LogP contribution is 2.10. The standard InChI is InChI=1S/C13H20.CH4/c1-12(2)8-6-7-11-13-9-4-3-5-10-13;/h3-5,9-10,12H,6-8,11H2,1-2H3;1H4. The fraction of sp³-hybridized carbons (Fsp3) is 0.571. The molecule has 1 aromatic rings. The highest BCUT2D eigenvalue weighted by molar-refractivity contribution is 5.14. The zero-order valence-corrected chi connectivity index (χ0v) is 8.79. The predicted molar refractivity (Wildman–Crippen MR) is 65.6 cm³/mol. The Labute approximate surface area is 89.4 Å². The lowest BCUT2D eigenvalue weighted by molar-refractivity contribution is 0.538. The van der Waals surface area contributed by atoms with Crippen LogP contribution in [0.15, 0.2) is 30.3 Å². The quantitative estimate of drug-likeness (QED) is 0.594. The van der Waals surface area contributed by atoms with Gasteiger partial charge in [-0.25, -0.2) is 0 Å². The maximum absolute atomic E-state index is 2.29. The minimum Gasteiger partial charge on any atom is -0.0776 e. The molecule has 0 aliphatic heterocycles. The fourth-order valence-corrected chi connectivity index (χ4v) is 1.53. The Morgan fingerprint density at radius 3 is 2.21 bits per heavy atom. The van der Waals surface area contributed by atoms with Gasteiger partial charge in [0.15, 0.2) is 0 Å². The molecule has 0 unspecified atom stereocenters. The summed E-state index contributed by atoms with van der Waals surface area (Å²) in [5.41, 5.74) is 1.48. The third kappa shape index (κ3) is 5.80. The summed E-state index contributed by atoms with van der Waals surface area (Å²) >= 11 is 0. The summed E-state index contributed by atoms with van der Waals surface area (Å²) < 4.78 is 0. The first kappa shape index (κ1) is 13.2. The van der Waals surface area contributed by atoms with Crippen molar-refractivity contribution >= 4 is 0 Å². The van der Waals surface area contributed by atoms with Crippen molar-refractivity contribution in [2.45, 2.75) is 47.0 Å². The average Bonchev–Trinajstić information content (AvgIpc) is 2.14. The van der Waals surface area contributed by atoms with Crippen LogP contribution in [-0.4, -0.2) is 0 Å². The van der Waals surface area contributed by atoms with Crippen molar-refractivity contribution in [1.82, 2.24) is 0 Å². The van der Waals surface area contributed by atoms with Gasteiger partial charge in [0.2, 0.25) is 0 Å². The molecule has 0 spiro atoms. The molecule has 0 heteroatoms. The van der Waals surface area contributed by atoms with Crippen LogP contribution in [0.3, 0.4) is 0 Å². The van der Waals surface area contributed by atoms with E-state index >= 15 is 0 Å². The SMILES string of the molecule is C.CC(C)CCCCc1ccccc1. The predicted octanol–water partition coefficient (Wildman–Crippen LogP) is 4.69. The fourth-order valence-electron chi connectivity index (χ4n) is 1.53. The highest BCUT2D eigenvalue weighted by Gasteiger charge is 1.95. The molecule has 0 saturated carbocycles. The van der Waals surface area contributed by atoms with E-state index in [2.05, 4.69) is 44.2 Å².